The number of aryl methyl sites for hydroxylation is 2. The van der Waals surface area contributed by atoms with Crippen molar-refractivity contribution in [3.8, 4) is 0 Å². The zero-order chi connectivity index (χ0) is 11.4. The number of nitrogen functional groups attached to an aromatic ring is 2. The molecular formula is C12H12N2S2. The zero-order valence-corrected chi connectivity index (χ0v) is 10.8. The molecule has 0 unspecified atom stereocenters. The van der Waals surface area contributed by atoms with Gasteiger partial charge in [0.1, 0.15) is 0 Å². The normalized spacial score (nSPS) is 11.6. The Bertz CT molecular complexity index is 592. The molecule has 2 heterocycles. The molecule has 0 amide bonds. The van der Waals surface area contributed by atoms with E-state index in [1.807, 2.05) is 0 Å². The summed E-state index contributed by atoms with van der Waals surface area (Å²) in [6.07, 6.45) is 0. The van der Waals surface area contributed by atoms with E-state index in [0.717, 1.165) is 10.0 Å². The number of hydrogen-bond donors (Lipinski definition) is 2. The van der Waals surface area contributed by atoms with Crippen LogP contribution >= 0.6 is 22.7 Å². The van der Waals surface area contributed by atoms with Crippen molar-refractivity contribution in [3.05, 3.63) is 23.3 Å². The second kappa shape index (κ2) is 3.12. The number of fused-ring (bicyclic) bond motifs is 2. The van der Waals surface area contributed by atoms with Gasteiger partial charge in [0.25, 0.3) is 0 Å². The molecule has 3 aromatic rings. The van der Waals surface area contributed by atoms with Gasteiger partial charge < -0.3 is 11.5 Å². The van der Waals surface area contributed by atoms with Gasteiger partial charge in [-0.3, -0.25) is 0 Å². The lowest BCUT2D eigenvalue weighted by molar-refractivity contribution is 1.58. The highest BCUT2D eigenvalue weighted by Crippen LogP contribution is 2.41. The molecule has 0 bridgehead atoms. The Labute approximate surface area is 101 Å². The minimum atomic E-state index is 0.881. The van der Waals surface area contributed by atoms with E-state index in [-0.39, 0.29) is 0 Å². The maximum absolute atomic E-state index is 5.89. The van der Waals surface area contributed by atoms with Crippen LogP contribution in [0.1, 0.15) is 11.1 Å². The van der Waals surface area contributed by atoms with E-state index < -0.39 is 0 Å². The summed E-state index contributed by atoms with van der Waals surface area (Å²) in [5.41, 5.74) is 14.4. The standard InChI is InChI=1S/C12H12N2S2/c1-5-7-3-9(13)16-12(7)6(2)8-4-10(14)15-11(5)8/h3-4H,13-14H2,1-2H3. The average Bonchev–Trinajstić information content (AvgIpc) is 2.78. The molecule has 0 fully saturated rings. The number of rotatable bonds is 0. The Hall–Kier alpha value is -1.26. The third kappa shape index (κ3) is 1.17. The van der Waals surface area contributed by atoms with Gasteiger partial charge in [-0.25, -0.2) is 0 Å². The summed E-state index contributed by atoms with van der Waals surface area (Å²) in [4.78, 5) is 0. The van der Waals surface area contributed by atoms with Crippen LogP contribution in [0.3, 0.4) is 0 Å². The number of nitrogens with two attached hydrogens (primary N) is 2. The predicted octanol–water partition coefficient (Wildman–Crippen LogP) is 3.90. The topological polar surface area (TPSA) is 52.0 Å². The average molecular weight is 248 g/mol. The van der Waals surface area contributed by atoms with Gasteiger partial charge in [-0.15, -0.1) is 22.7 Å². The van der Waals surface area contributed by atoms with Crippen LogP contribution < -0.4 is 11.5 Å². The van der Waals surface area contributed by atoms with E-state index in [9.17, 15) is 0 Å². The fourth-order valence-corrected chi connectivity index (χ4v) is 4.17. The molecule has 0 saturated heterocycles. The van der Waals surface area contributed by atoms with Crippen molar-refractivity contribution in [1.82, 2.24) is 0 Å². The summed E-state index contributed by atoms with van der Waals surface area (Å²) in [5, 5.41) is 4.31. The van der Waals surface area contributed by atoms with Gasteiger partial charge in [0, 0.05) is 9.40 Å². The van der Waals surface area contributed by atoms with Crippen LogP contribution in [-0.2, 0) is 0 Å². The van der Waals surface area contributed by atoms with Crippen LogP contribution in [0.2, 0.25) is 0 Å². The molecule has 0 aliphatic carbocycles. The molecule has 0 aliphatic rings. The lowest BCUT2D eigenvalue weighted by Crippen LogP contribution is -1.79. The number of anilines is 2. The highest BCUT2D eigenvalue weighted by Gasteiger charge is 2.13. The highest BCUT2D eigenvalue weighted by molar-refractivity contribution is 7.24. The molecule has 1 aromatic carbocycles. The van der Waals surface area contributed by atoms with Gasteiger partial charge in [0.05, 0.1) is 10.0 Å². The maximum atomic E-state index is 5.89. The van der Waals surface area contributed by atoms with Crippen LogP contribution in [0.4, 0.5) is 10.0 Å². The number of thiophene rings is 2. The van der Waals surface area contributed by atoms with E-state index in [0.29, 0.717) is 0 Å². The fourth-order valence-electron chi connectivity index (χ4n) is 2.18. The lowest BCUT2D eigenvalue weighted by atomic mass is 10.0. The van der Waals surface area contributed by atoms with E-state index in [1.54, 1.807) is 22.7 Å². The van der Waals surface area contributed by atoms with E-state index in [2.05, 4.69) is 26.0 Å². The zero-order valence-electron chi connectivity index (χ0n) is 9.13. The minimum absolute atomic E-state index is 0.881. The first-order valence-corrected chi connectivity index (χ1v) is 6.68. The first-order valence-electron chi connectivity index (χ1n) is 5.05. The molecule has 2 aromatic heterocycles. The highest BCUT2D eigenvalue weighted by atomic mass is 32.1. The largest absolute Gasteiger partial charge is 0.391 e. The molecule has 0 saturated carbocycles. The SMILES string of the molecule is Cc1c2cc(N)sc2c(C)c2cc(N)sc12. The van der Waals surface area contributed by atoms with Crippen LogP contribution in [0.15, 0.2) is 12.1 Å². The molecule has 2 nitrogen and oxygen atoms in total. The van der Waals surface area contributed by atoms with E-state index >= 15 is 0 Å². The molecule has 0 spiro atoms. The van der Waals surface area contributed by atoms with Crippen molar-refractivity contribution in [3.63, 3.8) is 0 Å². The molecule has 82 valence electrons. The van der Waals surface area contributed by atoms with Gasteiger partial charge in [0.2, 0.25) is 0 Å². The Morgan fingerprint density at radius 3 is 1.56 bits per heavy atom. The van der Waals surface area contributed by atoms with Crippen molar-refractivity contribution in [2.24, 2.45) is 0 Å². The van der Waals surface area contributed by atoms with E-state index in [4.69, 9.17) is 11.5 Å². The second-order valence-electron chi connectivity index (χ2n) is 4.03. The van der Waals surface area contributed by atoms with Crippen molar-refractivity contribution in [2.45, 2.75) is 13.8 Å². The second-order valence-corrected chi connectivity index (χ2v) is 6.20. The predicted molar refractivity (Wildman–Crippen MR) is 75.5 cm³/mol. The summed E-state index contributed by atoms with van der Waals surface area (Å²) < 4.78 is 2.58. The lowest BCUT2D eigenvalue weighted by Gasteiger charge is -2.03. The number of hydrogen-bond acceptors (Lipinski definition) is 4. The third-order valence-corrected chi connectivity index (χ3v) is 5.16. The summed E-state index contributed by atoms with van der Waals surface area (Å²) in [6, 6.07) is 4.13. The van der Waals surface area contributed by atoms with Crippen molar-refractivity contribution in [1.29, 1.82) is 0 Å². The fraction of sp³-hybridized carbons (Fsp3) is 0.167. The van der Waals surface area contributed by atoms with Gasteiger partial charge >= 0.3 is 0 Å². The molecule has 0 radical (unpaired) electrons. The molecule has 4 N–H and O–H groups in total. The first-order chi connectivity index (χ1) is 7.58. The Kier molecular flexibility index (Phi) is 1.94. The van der Waals surface area contributed by atoms with Crippen molar-refractivity contribution >= 4 is 52.8 Å². The van der Waals surface area contributed by atoms with Crippen molar-refractivity contribution in [2.75, 3.05) is 11.5 Å². The minimum Gasteiger partial charge on any atom is -0.391 e. The number of benzene rings is 1. The molecule has 0 atom stereocenters. The van der Waals surface area contributed by atoms with Gasteiger partial charge in [-0.05, 0) is 47.9 Å². The van der Waals surface area contributed by atoms with Gasteiger partial charge in [0.15, 0.2) is 0 Å². The van der Waals surface area contributed by atoms with Crippen molar-refractivity contribution < 1.29 is 0 Å². The summed E-state index contributed by atoms with van der Waals surface area (Å²) >= 11 is 3.32. The van der Waals surface area contributed by atoms with Crippen LogP contribution in [0, 0.1) is 13.8 Å². The Morgan fingerprint density at radius 1 is 0.812 bits per heavy atom. The monoisotopic (exact) mass is 248 g/mol. The quantitative estimate of drug-likeness (QED) is 0.634. The molecule has 16 heavy (non-hydrogen) atoms. The molecule has 0 aliphatic heterocycles. The maximum Gasteiger partial charge on any atom is 0.0869 e. The first kappa shape index (κ1) is 9.93. The third-order valence-electron chi connectivity index (χ3n) is 2.99. The summed E-state index contributed by atoms with van der Waals surface area (Å²) in [5.74, 6) is 0. The Balaban J connectivity index is 2.63. The van der Waals surface area contributed by atoms with Gasteiger partial charge in [-0.1, -0.05) is 0 Å². The molecule has 4 heteroatoms. The van der Waals surface area contributed by atoms with Crippen LogP contribution in [-0.4, -0.2) is 0 Å². The van der Waals surface area contributed by atoms with E-state index in [1.165, 1.54) is 31.3 Å². The smallest absolute Gasteiger partial charge is 0.0869 e. The molecular weight excluding hydrogens is 236 g/mol. The van der Waals surface area contributed by atoms with Crippen LogP contribution in [0.5, 0.6) is 0 Å². The molecule has 3 rings (SSSR count). The summed E-state index contributed by atoms with van der Waals surface area (Å²) in [6.45, 7) is 4.29. The van der Waals surface area contributed by atoms with Crippen LogP contribution in [0.25, 0.3) is 20.2 Å². The van der Waals surface area contributed by atoms with Gasteiger partial charge in [-0.2, -0.15) is 0 Å². The Morgan fingerprint density at radius 2 is 1.19 bits per heavy atom. The summed E-state index contributed by atoms with van der Waals surface area (Å²) in [7, 11) is 0.